The summed E-state index contributed by atoms with van der Waals surface area (Å²) in [7, 11) is 0. The Morgan fingerprint density at radius 2 is 2.27 bits per heavy atom. The number of rotatable bonds is 0. The molecule has 0 fully saturated rings. The van der Waals surface area contributed by atoms with E-state index in [9.17, 15) is 0 Å². The van der Waals surface area contributed by atoms with Crippen molar-refractivity contribution in [3.05, 3.63) is 24.0 Å². The Morgan fingerprint density at radius 1 is 1.45 bits per heavy atom. The lowest BCUT2D eigenvalue weighted by molar-refractivity contribution is 0.405. The number of hydrogen-bond donors (Lipinski definition) is 1. The largest absolute Gasteiger partial charge is 0.508 e. The van der Waals surface area contributed by atoms with Gasteiger partial charge in [0.25, 0.3) is 0 Å². The summed E-state index contributed by atoms with van der Waals surface area (Å²) in [6, 6.07) is 4.95. The van der Waals surface area contributed by atoms with E-state index in [0.717, 1.165) is 16.7 Å². The lowest BCUT2D eigenvalue weighted by Crippen LogP contribution is -1.68. The van der Waals surface area contributed by atoms with E-state index in [-0.39, 0.29) is 5.75 Å². The summed E-state index contributed by atoms with van der Waals surface area (Å²) in [5.41, 5.74) is 0.778. The molecule has 2 aromatic rings. The number of aryl methyl sites for hydroxylation is 1. The van der Waals surface area contributed by atoms with Crippen molar-refractivity contribution >= 4 is 10.9 Å². The molecule has 0 unspecified atom stereocenters. The first kappa shape index (κ1) is 6.22. The predicted molar refractivity (Wildman–Crippen MR) is 40.4 cm³/mol. The standard InChI is InChI=1S/C8H7NO2/c1-5-7-4-6(10)2-3-8(7)9-11-5/h2-4,10H,1H3. The summed E-state index contributed by atoms with van der Waals surface area (Å²) in [5, 5.41) is 13.7. The summed E-state index contributed by atoms with van der Waals surface area (Å²) in [6.45, 7) is 1.81. The molecule has 0 aliphatic rings. The van der Waals surface area contributed by atoms with Crippen LogP contribution in [0, 0.1) is 6.92 Å². The van der Waals surface area contributed by atoms with E-state index in [0.29, 0.717) is 0 Å². The zero-order valence-electron chi connectivity index (χ0n) is 6.03. The normalized spacial score (nSPS) is 10.6. The smallest absolute Gasteiger partial charge is 0.141 e. The minimum atomic E-state index is 0.240. The third kappa shape index (κ3) is 0.852. The highest BCUT2D eigenvalue weighted by atomic mass is 16.5. The monoisotopic (exact) mass is 149 g/mol. The zero-order valence-corrected chi connectivity index (χ0v) is 6.03. The highest BCUT2D eigenvalue weighted by Gasteiger charge is 2.02. The molecule has 1 N–H and O–H groups in total. The molecule has 0 aliphatic carbocycles. The van der Waals surface area contributed by atoms with Crippen molar-refractivity contribution in [2.75, 3.05) is 0 Å². The Labute approximate surface area is 63.2 Å². The van der Waals surface area contributed by atoms with Gasteiger partial charge in [-0.05, 0) is 25.1 Å². The molecular weight excluding hydrogens is 142 g/mol. The fraction of sp³-hybridized carbons (Fsp3) is 0.125. The topological polar surface area (TPSA) is 46.3 Å². The van der Waals surface area contributed by atoms with E-state index in [1.807, 2.05) is 6.92 Å². The molecular formula is C8H7NO2. The number of aromatic hydroxyl groups is 1. The number of fused-ring (bicyclic) bond motifs is 1. The molecule has 1 aromatic carbocycles. The highest BCUT2D eigenvalue weighted by Crippen LogP contribution is 2.21. The summed E-state index contributed by atoms with van der Waals surface area (Å²) in [6.07, 6.45) is 0. The van der Waals surface area contributed by atoms with Crippen molar-refractivity contribution in [3.63, 3.8) is 0 Å². The number of phenolic OH excluding ortho intramolecular Hbond substituents is 1. The SMILES string of the molecule is Cc1onc2ccc(O)cc12. The first-order chi connectivity index (χ1) is 5.27. The molecule has 0 saturated carbocycles. The van der Waals surface area contributed by atoms with Crippen LogP contribution in [0.25, 0.3) is 10.9 Å². The Morgan fingerprint density at radius 3 is 3.09 bits per heavy atom. The van der Waals surface area contributed by atoms with Crippen molar-refractivity contribution < 1.29 is 9.63 Å². The second-order valence-electron chi connectivity index (χ2n) is 2.44. The van der Waals surface area contributed by atoms with Crippen molar-refractivity contribution in [2.45, 2.75) is 6.92 Å². The van der Waals surface area contributed by atoms with Gasteiger partial charge in [0.1, 0.15) is 17.0 Å². The van der Waals surface area contributed by atoms with E-state index in [1.54, 1.807) is 18.2 Å². The van der Waals surface area contributed by atoms with Crippen molar-refractivity contribution in [3.8, 4) is 5.75 Å². The second kappa shape index (κ2) is 1.99. The van der Waals surface area contributed by atoms with Gasteiger partial charge < -0.3 is 9.63 Å². The average molecular weight is 149 g/mol. The van der Waals surface area contributed by atoms with E-state index in [1.165, 1.54) is 0 Å². The fourth-order valence-corrected chi connectivity index (χ4v) is 1.05. The molecule has 1 aromatic heterocycles. The number of phenols is 1. The van der Waals surface area contributed by atoms with Crippen molar-refractivity contribution in [1.29, 1.82) is 0 Å². The summed E-state index contributed by atoms with van der Waals surface area (Å²) in [5.74, 6) is 0.972. The van der Waals surface area contributed by atoms with E-state index in [2.05, 4.69) is 5.16 Å². The van der Waals surface area contributed by atoms with Gasteiger partial charge in [0.2, 0.25) is 0 Å². The molecule has 0 aliphatic heterocycles. The van der Waals surface area contributed by atoms with Crippen LogP contribution >= 0.6 is 0 Å². The lowest BCUT2D eigenvalue weighted by atomic mass is 10.2. The van der Waals surface area contributed by atoms with Gasteiger partial charge in [0.15, 0.2) is 0 Å². The van der Waals surface area contributed by atoms with Crippen molar-refractivity contribution in [2.24, 2.45) is 0 Å². The summed E-state index contributed by atoms with van der Waals surface area (Å²) < 4.78 is 4.91. The van der Waals surface area contributed by atoms with Crippen LogP contribution < -0.4 is 0 Å². The predicted octanol–water partition coefficient (Wildman–Crippen LogP) is 1.84. The van der Waals surface area contributed by atoms with E-state index >= 15 is 0 Å². The number of aromatic nitrogens is 1. The molecule has 1 heterocycles. The van der Waals surface area contributed by atoms with Gasteiger partial charge in [-0.3, -0.25) is 0 Å². The van der Waals surface area contributed by atoms with Crippen LogP contribution in [0.1, 0.15) is 5.76 Å². The maximum Gasteiger partial charge on any atom is 0.141 e. The Bertz CT molecular complexity index is 392. The number of nitrogens with zero attached hydrogens (tertiary/aromatic N) is 1. The van der Waals surface area contributed by atoms with Gasteiger partial charge in [0, 0.05) is 5.39 Å². The zero-order chi connectivity index (χ0) is 7.84. The Hall–Kier alpha value is -1.51. The fourth-order valence-electron chi connectivity index (χ4n) is 1.05. The van der Waals surface area contributed by atoms with Crippen LogP contribution in [0.4, 0.5) is 0 Å². The summed E-state index contributed by atoms with van der Waals surface area (Å²) in [4.78, 5) is 0. The first-order valence-electron chi connectivity index (χ1n) is 3.32. The maximum atomic E-state index is 9.10. The molecule has 56 valence electrons. The van der Waals surface area contributed by atoms with Crippen LogP contribution in [-0.4, -0.2) is 10.3 Å². The minimum absolute atomic E-state index is 0.240. The number of benzene rings is 1. The second-order valence-corrected chi connectivity index (χ2v) is 2.44. The van der Waals surface area contributed by atoms with Gasteiger partial charge in [0.05, 0.1) is 0 Å². The van der Waals surface area contributed by atoms with Crippen LogP contribution in [-0.2, 0) is 0 Å². The molecule has 11 heavy (non-hydrogen) atoms. The maximum absolute atomic E-state index is 9.10. The molecule has 0 spiro atoms. The molecule has 0 bridgehead atoms. The molecule has 0 radical (unpaired) electrons. The molecule has 0 saturated heterocycles. The van der Waals surface area contributed by atoms with Gasteiger partial charge in [-0.25, -0.2) is 0 Å². The molecule has 3 nitrogen and oxygen atoms in total. The van der Waals surface area contributed by atoms with E-state index in [4.69, 9.17) is 9.63 Å². The average Bonchev–Trinajstić information content (AvgIpc) is 2.33. The first-order valence-corrected chi connectivity index (χ1v) is 3.32. The van der Waals surface area contributed by atoms with Gasteiger partial charge in [-0.2, -0.15) is 0 Å². The molecule has 0 amide bonds. The highest BCUT2D eigenvalue weighted by molar-refractivity contribution is 5.81. The summed E-state index contributed by atoms with van der Waals surface area (Å²) >= 11 is 0. The van der Waals surface area contributed by atoms with Crippen LogP contribution in [0.2, 0.25) is 0 Å². The molecule has 3 heteroatoms. The van der Waals surface area contributed by atoms with Crippen molar-refractivity contribution in [1.82, 2.24) is 5.16 Å². The van der Waals surface area contributed by atoms with Crippen LogP contribution in [0.15, 0.2) is 22.7 Å². The Kier molecular flexibility index (Phi) is 1.12. The number of hydrogen-bond acceptors (Lipinski definition) is 3. The lowest BCUT2D eigenvalue weighted by Gasteiger charge is -1.88. The third-order valence-corrected chi connectivity index (χ3v) is 1.64. The minimum Gasteiger partial charge on any atom is -0.508 e. The van der Waals surface area contributed by atoms with Crippen LogP contribution in [0.3, 0.4) is 0 Å². The van der Waals surface area contributed by atoms with Crippen LogP contribution in [0.5, 0.6) is 5.75 Å². The Balaban J connectivity index is 2.87. The van der Waals surface area contributed by atoms with Gasteiger partial charge in [-0.15, -0.1) is 0 Å². The van der Waals surface area contributed by atoms with Gasteiger partial charge >= 0.3 is 0 Å². The van der Waals surface area contributed by atoms with Gasteiger partial charge in [-0.1, -0.05) is 5.16 Å². The third-order valence-electron chi connectivity index (χ3n) is 1.64. The molecule has 2 rings (SSSR count). The van der Waals surface area contributed by atoms with E-state index < -0.39 is 0 Å². The molecule has 0 atom stereocenters. The quantitative estimate of drug-likeness (QED) is 0.621.